The number of aromatic nitrogens is 2. The van der Waals surface area contributed by atoms with Crippen LogP contribution >= 0.6 is 11.6 Å². The fourth-order valence-electron chi connectivity index (χ4n) is 4.67. The van der Waals surface area contributed by atoms with Crippen LogP contribution in [0, 0.1) is 0 Å². The number of carbonyl (C=O) groups excluding carboxylic acids is 2. The Morgan fingerprint density at radius 2 is 1.38 bits per heavy atom. The van der Waals surface area contributed by atoms with Crippen molar-refractivity contribution in [2.24, 2.45) is 0 Å². The second-order valence-electron chi connectivity index (χ2n) is 9.94. The smallest absolute Gasteiger partial charge is 0.307 e. The molecular weight excluding hydrogens is 560 g/mol. The lowest BCUT2D eigenvalue weighted by Gasteiger charge is -2.25. The summed E-state index contributed by atoms with van der Waals surface area (Å²) in [6, 6.07) is 15.5. The molecule has 0 saturated heterocycles. The van der Waals surface area contributed by atoms with Crippen molar-refractivity contribution in [3.63, 3.8) is 0 Å². The molecule has 1 heterocycles. The zero-order valence-electron chi connectivity index (χ0n) is 24.3. The van der Waals surface area contributed by atoms with Gasteiger partial charge in [0.1, 0.15) is 11.5 Å². The van der Waals surface area contributed by atoms with Crippen LogP contribution in [0.25, 0.3) is 0 Å². The van der Waals surface area contributed by atoms with E-state index in [1.165, 1.54) is 23.1 Å². The van der Waals surface area contributed by atoms with E-state index < -0.39 is 17.9 Å². The summed E-state index contributed by atoms with van der Waals surface area (Å²) < 4.78 is 15.4. The van der Waals surface area contributed by atoms with Crippen molar-refractivity contribution in [2.45, 2.75) is 38.1 Å². The highest BCUT2D eigenvalue weighted by molar-refractivity contribution is 6.31. The summed E-state index contributed by atoms with van der Waals surface area (Å²) in [5, 5.41) is 2.77. The van der Waals surface area contributed by atoms with E-state index in [-0.39, 0.29) is 28.9 Å². The number of aryl methyl sites for hydroxylation is 2. The average Bonchev–Trinajstić information content (AvgIpc) is 2.99. The molecule has 0 saturated carbocycles. The van der Waals surface area contributed by atoms with Crippen LogP contribution in [0.15, 0.2) is 48.5 Å². The van der Waals surface area contributed by atoms with Gasteiger partial charge in [0, 0.05) is 12.8 Å². The van der Waals surface area contributed by atoms with Crippen molar-refractivity contribution in [1.82, 2.24) is 15.3 Å². The van der Waals surface area contributed by atoms with Gasteiger partial charge in [-0.05, 0) is 48.2 Å². The lowest BCUT2D eigenvalue weighted by molar-refractivity contribution is -0.901. The van der Waals surface area contributed by atoms with Crippen LogP contribution in [0.1, 0.15) is 40.9 Å². The fourth-order valence-corrected chi connectivity index (χ4v) is 4.79. The molecule has 3 rings (SSSR count). The first-order chi connectivity index (χ1) is 20.2. The van der Waals surface area contributed by atoms with Gasteiger partial charge in [-0.15, -0.1) is 0 Å². The number of nitrogens with two attached hydrogens (primary N) is 2. The van der Waals surface area contributed by atoms with E-state index >= 15 is 0 Å². The normalized spacial score (nSPS) is 11.6. The second kappa shape index (κ2) is 16.4. The maximum Gasteiger partial charge on any atom is 0.307 e. The molecule has 0 spiro atoms. The summed E-state index contributed by atoms with van der Waals surface area (Å²) in [7, 11) is 4.61. The zero-order chi connectivity index (χ0) is 30.5. The third-order valence-electron chi connectivity index (χ3n) is 6.94. The van der Waals surface area contributed by atoms with Crippen molar-refractivity contribution in [3.8, 4) is 11.5 Å². The summed E-state index contributed by atoms with van der Waals surface area (Å²) in [5.41, 5.74) is 13.8. The van der Waals surface area contributed by atoms with Gasteiger partial charge in [-0.25, -0.2) is 9.97 Å². The number of halogens is 1. The quantitative estimate of drug-likeness (QED) is 0.181. The van der Waals surface area contributed by atoms with E-state index in [0.29, 0.717) is 6.54 Å². The first kappa shape index (κ1) is 32.4. The van der Waals surface area contributed by atoms with Gasteiger partial charge in [-0.2, -0.15) is 0 Å². The molecule has 0 aliphatic heterocycles. The standard InChI is InChI=1S/C30H39ClN6O5/c1-40-23-12-8-20(9-13-23)6-4-16-37(17-5-7-21-10-14-24(41-2)15-11-21)19-22(18-25(38)42-3)34-30(39)26-28(32)36-29(33)27(31)35-26/h8-15,22H,4-7,16-19H2,1-3H3,(H,34,39)(H4,32,33,36)/p+1. The Hall–Kier alpha value is -4.09. The molecule has 226 valence electrons. The third-order valence-corrected chi connectivity index (χ3v) is 7.22. The number of methoxy groups -OCH3 is 3. The zero-order valence-corrected chi connectivity index (χ0v) is 25.1. The number of ether oxygens (including phenoxy) is 3. The molecule has 12 heteroatoms. The monoisotopic (exact) mass is 599 g/mol. The lowest BCUT2D eigenvalue weighted by atomic mass is 10.1. The number of nitrogen functional groups attached to an aromatic ring is 2. The van der Waals surface area contributed by atoms with Gasteiger partial charge in [-0.1, -0.05) is 35.9 Å². The molecular formula is C30H40ClN6O5+. The van der Waals surface area contributed by atoms with Crippen LogP contribution in [0.3, 0.4) is 0 Å². The summed E-state index contributed by atoms with van der Waals surface area (Å²) in [4.78, 5) is 34.5. The van der Waals surface area contributed by atoms with Crippen LogP contribution in [0.2, 0.25) is 5.15 Å². The number of hydrogen-bond acceptors (Lipinski definition) is 9. The number of benzene rings is 2. The minimum atomic E-state index is -0.591. The highest BCUT2D eigenvalue weighted by Gasteiger charge is 2.25. The minimum absolute atomic E-state index is 0.0151. The van der Waals surface area contributed by atoms with Crippen LogP contribution in [0.5, 0.6) is 11.5 Å². The van der Waals surface area contributed by atoms with Crippen molar-refractivity contribution in [1.29, 1.82) is 0 Å². The molecule has 1 amide bonds. The Balaban J connectivity index is 1.71. The van der Waals surface area contributed by atoms with E-state index in [0.717, 1.165) is 50.3 Å². The predicted octanol–water partition coefficient (Wildman–Crippen LogP) is 2.12. The Bertz CT molecular complexity index is 1250. The molecule has 1 aromatic heterocycles. The van der Waals surface area contributed by atoms with Gasteiger partial charge in [0.05, 0.1) is 53.4 Å². The Morgan fingerprint density at radius 1 is 0.857 bits per heavy atom. The number of amides is 1. The number of nitrogens with one attached hydrogen (secondary N) is 2. The van der Waals surface area contributed by atoms with Crippen LogP contribution in [-0.2, 0) is 22.4 Å². The number of carbonyl (C=O) groups is 2. The van der Waals surface area contributed by atoms with Crippen molar-refractivity contribution >= 4 is 35.1 Å². The van der Waals surface area contributed by atoms with E-state index in [9.17, 15) is 9.59 Å². The van der Waals surface area contributed by atoms with Gasteiger partial charge in [0.25, 0.3) is 5.91 Å². The van der Waals surface area contributed by atoms with Gasteiger partial charge < -0.3 is 35.9 Å². The van der Waals surface area contributed by atoms with Crippen molar-refractivity contribution in [3.05, 3.63) is 70.5 Å². The van der Waals surface area contributed by atoms with E-state index in [1.807, 2.05) is 24.3 Å². The third kappa shape index (κ3) is 10.1. The summed E-state index contributed by atoms with van der Waals surface area (Å²) in [6.07, 6.45) is 3.58. The predicted molar refractivity (Wildman–Crippen MR) is 162 cm³/mol. The fraction of sp³-hybridized carbons (Fsp3) is 0.400. The molecule has 1 atom stereocenters. The van der Waals surface area contributed by atoms with Crippen LogP contribution < -0.4 is 31.2 Å². The molecule has 3 aromatic rings. The number of rotatable bonds is 16. The number of nitrogens with zero attached hydrogens (tertiary/aromatic N) is 2. The van der Waals surface area contributed by atoms with E-state index in [4.69, 9.17) is 37.3 Å². The molecule has 1 unspecified atom stereocenters. The summed E-state index contributed by atoms with van der Waals surface area (Å²) >= 11 is 5.98. The van der Waals surface area contributed by atoms with E-state index in [2.05, 4.69) is 39.6 Å². The molecule has 2 aromatic carbocycles. The van der Waals surface area contributed by atoms with Gasteiger partial charge in [0.2, 0.25) is 0 Å². The highest BCUT2D eigenvalue weighted by Crippen LogP contribution is 2.18. The summed E-state index contributed by atoms with van der Waals surface area (Å²) in [5.74, 6) is 0.394. The number of hydrogen-bond donors (Lipinski definition) is 4. The molecule has 11 nitrogen and oxygen atoms in total. The van der Waals surface area contributed by atoms with Crippen molar-refractivity contribution in [2.75, 3.05) is 52.4 Å². The molecule has 0 fully saturated rings. The molecule has 0 bridgehead atoms. The Kier molecular flexibility index (Phi) is 12.6. The van der Waals surface area contributed by atoms with Gasteiger partial charge >= 0.3 is 5.97 Å². The molecule has 42 heavy (non-hydrogen) atoms. The maximum atomic E-state index is 13.1. The molecule has 0 aliphatic rings. The topological polar surface area (TPSA) is 156 Å². The minimum Gasteiger partial charge on any atom is -0.497 e. The lowest BCUT2D eigenvalue weighted by Crippen LogP contribution is -3.13. The van der Waals surface area contributed by atoms with E-state index in [1.54, 1.807) is 14.2 Å². The Morgan fingerprint density at radius 3 is 1.86 bits per heavy atom. The van der Waals surface area contributed by atoms with Crippen molar-refractivity contribution < 1.29 is 28.7 Å². The van der Waals surface area contributed by atoms with Crippen LogP contribution in [-0.4, -0.2) is 68.8 Å². The first-order valence-electron chi connectivity index (χ1n) is 13.8. The molecule has 6 N–H and O–H groups in total. The van der Waals surface area contributed by atoms with Crippen LogP contribution in [0.4, 0.5) is 11.6 Å². The van der Waals surface area contributed by atoms with Gasteiger partial charge in [0.15, 0.2) is 22.5 Å². The molecule has 0 radical (unpaired) electrons. The Labute approximate surface area is 251 Å². The highest BCUT2D eigenvalue weighted by atomic mass is 35.5. The maximum absolute atomic E-state index is 13.1. The average molecular weight is 600 g/mol. The second-order valence-corrected chi connectivity index (χ2v) is 10.3. The SMILES string of the molecule is COC(=O)CC(C[NH+](CCCc1ccc(OC)cc1)CCCc1ccc(OC)cc1)NC(=O)c1nc(Cl)c(N)nc1N. The summed E-state index contributed by atoms with van der Waals surface area (Å²) in [6.45, 7) is 2.15. The first-order valence-corrected chi connectivity index (χ1v) is 14.2. The molecule has 0 aliphatic carbocycles. The van der Waals surface area contributed by atoms with Gasteiger partial charge in [-0.3, -0.25) is 9.59 Å². The largest absolute Gasteiger partial charge is 0.497 e. The number of esters is 1. The number of anilines is 2. The number of quaternary nitrogens is 1.